The third-order valence-corrected chi connectivity index (χ3v) is 4.46. The van der Waals surface area contributed by atoms with Gasteiger partial charge in [-0.3, -0.25) is 0 Å². The lowest BCUT2D eigenvalue weighted by Crippen LogP contribution is -2.13. The van der Waals surface area contributed by atoms with Crippen molar-refractivity contribution in [3.05, 3.63) is 51.5 Å². The maximum absolute atomic E-state index is 4.78. The van der Waals surface area contributed by atoms with Crippen LogP contribution < -0.4 is 5.32 Å². The predicted octanol–water partition coefficient (Wildman–Crippen LogP) is 3.47. The van der Waals surface area contributed by atoms with Crippen molar-refractivity contribution in [3.63, 3.8) is 0 Å². The molecular formula is C15H18N2S. The number of aromatic nitrogens is 1. The first-order valence-corrected chi connectivity index (χ1v) is 7.43. The Morgan fingerprint density at radius 1 is 1.39 bits per heavy atom. The Hall–Kier alpha value is -1.19. The van der Waals surface area contributed by atoms with E-state index in [0.29, 0.717) is 6.04 Å². The molecule has 1 aliphatic rings. The monoisotopic (exact) mass is 258 g/mol. The quantitative estimate of drug-likeness (QED) is 0.912. The summed E-state index contributed by atoms with van der Waals surface area (Å²) in [6.45, 7) is 3.30. The number of thiazole rings is 1. The van der Waals surface area contributed by atoms with E-state index >= 15 is 0 Å². The molecule has 1 saturated heterocycles. The van der Waals surface area contributed by atoms with Gasteiger partial charge in [0.15, 0.2) is 0 Å². The Labute approximate surface area is 112 Å². The summed E-state index contributed by atoms with van der Waals surface area (Å²) in [4.78, 5) is 4.78. The van der Waals surface area contributed by atoms with Gasteiger partial charge in [-0.05, 0) is 37.4 Å². The molecule has 0 radical (unpaired) electrons. The minimum atomic E-state index is 0.492. The van der Waals surface area contributed by atoms with Gasteiger partial charge >= 0.3 is 0 Å². The van der Waals surface area contributed by atoms with E-state index in [1.54, 1.807) is 11.3 Å². The minimum Gasteiger partial charge on any atom is -0.309 e. The van der Waals surface area contributed by atoms with Crippen molar-refractivity contribution in [2.24, 2.45) is 0 Å². The van der Waals surface area contributed by atoms with Crippen LogP contribution in [0.2, 0.25) is 0 Å². The van der Waals surface area contributed by atoms with E-state index in [-0.39, 0.29) is 0 Å². The van der Waals surface area contributed by atoms with Gasteiger partial charge in [-0.15, -0.1) is 11.3 Å². The standard InChI is InChI=1S/C15H18N2S/c1-11-5-2-3-6-12(11)9-15-17-14(10-18-15)13-7-4-8-16-13/h2-3,5-6,10,13,16H,4,7-9H2,1H3/t13-/m0/s1. The molecule has 0 saturated carbocycles. The second kappa shape index (κ2) is 5.21. The number of nitrogens with one attached hydrogen (secondary N) is 1. The largest absolute Gasteiger partial charge is 0.309 e. The molecule has 3 rings (SSSR count). The first-order chi connectivity index (χ1) is 8.83. The molecule has 18 heavy (non-hydrogen) atoms. The zero-order valence-electron chi connectivity index (χ0n) is 10.6. The van der Waals surface area contributed by atoms with Crippen molar-refractivity contribution in [1.29, 1.82) is 0 Å². The first-order valence-electron chi connectivity index (χ1n) is 6.55. The molecule has 1 N–H and O–H groups in total. The van der Waals surface area contributed by atoms with Crippen LogP contribution in [0, 0.1) is 6.92 Å². The topological polar surface area (TPSA) is 24.9 Å². The van der Waals surface area contributed by atoms with Crippen LogP contribution in [0.4, 0.5) is 0 Å². The second-order valence-electron chi connectivity index (χ2n) is 4.92. The number of aryl methyl sites for hydroxylation is 1. The number of hydrogen-bond donors (Lipinski definition) is 1. The highest BCUT2D eigenvalue weighted by Gasteiger charge is 2.18. The summed E-state index contributed by atoms with van der Waals surface area (Å²) in [7, 11) is 0. The van der Waals surface area contributed by atoms with Crippen LogP contribution in [0.3, 0.4) is 0 Å². The van der Waals surface area contributed by atoms with Gasteiger partial charge in [-0.25, -0.2) is 4.98 Å². The van der Waals surface area contributed by atoms with Crippen molar-refractivity contribution >= 4 is 11.3 Å². The highest BCUT2D eigenvalue weighted by molar-refractivity contribution is 7.09. The average Bonchev–Trinajstić information content (AvgIpc) is 3.02. The molecule has 0 aliphatic carbocycles. The van der Waals surface area contributed by atoms with Crippen LogP contribution in [0.5, 0.6) is 0 Å². The van der Waals surface area contributed by atoms with E-state index in [1.165, 1.54) is 34.7 Å². The predicted molar refractivity (Wildman–Crippen MR) is 76.1 cm³/mol. The SMILES string of the molecule is Cc1ccccc1Cc1nc([C@@H]2CCCN2)cs1. The smallest absolute Gasteiger partial charge is 0.0973 e. The molecule has 0 spiro atoms. The maximum Gasteiger partial charge on any atom is 0.0973 e. The summed E-state index contributed by atoms with van der Waals surface area (Å²) in [5.41, 5.74) is 3.98. The minimum absolute atomic E-state index is 0.492. The molecular weight excluding hydrogens is 240 g/mol. The Kier molecular flexibility index (Phi) is 3.43. The fraction of sp³-hybridized carbons (Fsp3) is 0.400. The summed E-state index contributed by atoms with van der Waals surface area (Å²) >= 11 is 1.79. The summed E-state index contributed by atoms with van der Waals surface area (Å²) in [6, 6.07) is 9.06. The number of hydrogen-bond acceptors (Lipinski definition) is 3. The molecule has 94 valence electrons. The van der Waals surface area contributed by atoms with Crippen molar-refractivity contribution in [1.82, 2.24) is 10.3 Å². The van der Waals surface area contributed by atoms with E-state index in [1.807, 2.05) is 0 Å². The van der Waals surface area contributed by atoms with Crippen LogP contribution in [0.1, 0.15) is 40.7 Å². The van der Waals surface area contributed by atoms with E-state index in [9.17, 15) is 0 Å². The molecule has 3 heteroatoms. The fourth-order valence-electron chi connectivity index (χ4n) is 2.47. The van der Waals surface area contributed by atoms with Crippen molar-refractivity contribution in [3.8, 4) is 0 Å². The Balaban J connectivity index is 1.75. The molecule has 2 aromatic rings. The van der Waals surface area contributed by atoms with Gasteiger partial charge in [-0.1, -0.05) is 24.3 Å². The lowest BCUT2D eigenvalue weighted by Gasteiger charge is -2.05. The van der Waals surface area contributed by atoms with Crippen LogP contribution >= 0.6 is 11.3 Å². The number of benzene rings is 1. The summed E-state index contributed by atoms with van der Waals surface area (Å²) in [6.07, 6.45) is 3.47. The number of nitrogens with zero attached hydrogens (tertiary/aromatic N) is 1. The van der Waals surface area contributed by atoms with Gasteiger partial charge in [0.1, 0.15) is 0 Å². The molecule has 0 amide bonds. The van der Waals surface area contributed by atoms with Gasteiger partial charge in [-0.2, -0.15) is 0 Å². The highest BCUT2D eigenvalue weighted by Crippen LogP contribution is 2.25. The fourth-order valence-corrected chi connectivity index (χ4v) is 3.35. The normalized spacial score (nSPS) is 19.3. The molecule has 1 aromatic carbocycles. The summed E-state index contributed by atoms with van der Waals surface area (Å²) in [5.74, 6) is 0. The second-order valence-corrected chi connectivity index (χ2v) is 5.86. The lowest BCUT2D eigenvalue weighted by atomic mass is 10.1. The van der Waals surface area contributed by atoms with Crippen LogP contribution in [0.25, 0.3) is 0 Å². The van der Waals surface area contributed by atoms with Crippen molar-refractivity contribution in [2.75, 3.05) is 6.54 Å². The van der Waals surface area contributed by atoms with Gasteiger partial charge < -0.3 is 5.32 Å². The summed E-state index contributed by atoms with van der Waals surface area (Å²) < 4.78 is 0. The van der Waals surface area contributed by atoms with Gasteiger partial charge in [0, 0.05) is 11.8 Å². The van der Waals surface area contributed by atoms with Gasteiger partial charge in [0.05, 0.1) is 16.7 Å². The van der Waals surface area contributed by atoms with E-state index in [0.717, 1.165) is 13.0 Å². The van der Waals surface area contributed by atoms with E-state index < -0.39 is 0 Å². The van der Waals surface area contributed by atoms with E-state index in [4.69, 9.17) is 4.98 Å². The lowest BCUT2D eigenvalue weighted by molar-refractivity contribution is 0.630. The van der Waals surface area contributed by atoms with Gasteiger partial charge in [0.2, 0.25) is 0 Å². The maximum atomic E-state index is 4.78. The Morgan fingerprint density at radius 2 is 2.28 bits per heavy atom. The van der Waals surface area contributed by atoms with Crippen LogP contribution in [-0.2, 0) is 6.42 Å². The third kappa shape index (κ3) is 2.47. The zero-order chi connectivity index (χ0) is 12.4. The average molecular weight is 258 g/mol. The van der Waals surface area contributed by atoms with Gasteiger partial charge in [0.25, 0.3) is 0 Å². The molecule has 1 atom stereocenters. The van der Waals surface area contributed by atoms with Crippen molar-refractivity contribution < 1.29 is 0 Å². The molecule has 1 aliphatic heterocycles. The Morgan fingerprint density at radius 3 is 3.06 bits per heavy atom. The molecule has 2 heterocycles. The van der Waals surface area contributed by atoms with Crippen molar-refractivity contribution in [2.45, 2.75) is 32.2 Å². The summed E-state index contributed by atoms with van der Waals surface area (Å²) in [5, 5.41) is 6.95. The van der Waals surface area contributed by atoms with E-state index in [2.05, 4.69) is 41.9 Å². The highest BCUT2D eigenvalue weighted by atomic mass is 32.1. The molecule has 1 fully saturated rings. The van der Waals surface area contributed by atoms with Crippen LogP contribution in [-0.4, -0.2) is 11.5 Å². The molecule has 0 unspecified atom stereocenters. The zero-order valence-corrected chi connectivity index (χ0v) is 11.5. The van der Waals surface area contributed by atoms with Crippen LogP contribution in [0.15, 0.2) is 29.6 Å². The Bertz CT molecular complexity index is 527. The molecule has 0 bridgehead atoms. The molecule has 2 nitrogen and oxygen atoms in total. The molecule has 1 aromatic heterocycles. The first kappa shape index (κ1) is 11.9. The third-order valence-electron chi connectivity index (χ3n) is 3.59. The number of rotatable bonds is 3.